The van der Waals surface area contributed by atoms with Gasteiger partial charge in [0, 0.05) is 22.9 Å². The summed E-state index contributed by atoms with van der Waals surface area (Å²) in [6.07, 6.45) is 5.96. The monoisotopic (exact) mass is 256 g/mol. The van der Waals surface area contributed by atoms with E-state index in [2.05, 4.69) is 34.8 Å². The highest BCUT2D eigenvalue weighted by atomic mass is 79.9. The van der Waals surface area contributed by atoms with Gasteiger partial charge in [0.1, 0.15) is 0 Å². The van der Waals surface area contributed by atoms with Gasteiger partial charge in [-0.15, -0.1) is 0 Å². The number of hydrogen-bond donors (Lipinski definition) is 1. The number of rotatable bonds is 4. The van der Waals surface area contributed by atoms with Gasteiger partial charge in [-0.3, -0.25) is 4.98 Å². The Bertz CT molecular complexity index is 288. The van der Waals surface area contributed by atoms with E-state index in [-0.39, 0.29) is 6.04 Å². The lowest BCUT2D eigenvalue weighted by atomic mass is 9.93. The summed E-state index contributed by atoms with van der Waals surface area (Å²) in [7, 11) is 0. The fourth-order valence-corrected chi connectivity index (χ4v) is 1.96. The minimum absolute atomic E-state index is 0.0972. The molecule has 2 atom stereocenters. The molecule has 1 heterocycles. The lowest BCUT2D eigenvalue weighted by Crippen LogP contribution is -2.19. The van der Waals surface area contributed by atoms with Crippen LogP contribution in [0.2, 0.25) is 0 Å². The molecule has 1 rings (SSSR count). The first kappa shape index (κ1) is 11.7. The van der Waals surface area contributed by atoms with Crippen LogP contribution < -0.4 is 5.73 Å². The first-order chi connectivity index (χ1) is 6.65. The summed E-state index contributed by atoms with van der Waals surface area (Å²) in [6, 6.07) is 2.14. The molecule has 1 aromatic rings. The molecule has 0 bridgehead atoms. The van der Waals surface area contributed by atoms with E-state index in [1.165, 1.54) is 6.42 Å². The second kappa shape index (κ2) is 5.47. The Morgan fingerprint density at radius 3 is 2.79 bits per heavy atom. The summed E-state index contributed by atoms with van der Waals surface area (Å²) in [5, 5.41) is 0. The molecule has 1 aromatic heterocycles. The van der Waals surface area contributed by atoms with E-state index >= 15 is 0 Å². The fourth-order valence-electron chi connectivity index (χ4n) is 1.57. The Kier molecular flexibility index (Phi) is 4.55. The van der Waals surface area contributed by atoms with Gasteiger partial charge >= 0.3 is 0 Å². The van der Waals surface area contributed by atoms with Crippen LogP contribution in [0.5, 0.6) is 0 Å². The van der Waals surface area contributed by atoms with Crippen molar-refractivity contribution in [3.05, 3.63) is 28.5 Å². The molecule has 0 fully saturated rings. The number of aromatic nitrogens is 1. The summed E-state index contributed by atoms with van der Waals surface area (Å²) in [5.41, 5.74) is 7.24. The maximum absolute atomic E-state index is 6.13. The SMILES string of the molecule is CCCC(C)C(N)c1cncc(Br)c1. The van der Waals surface area contributed by atoms with E-state index in [0.717, 1.165) is 16.5 Å². The van der Waals surface area contributed by atoms with Crippen LogP contribution in [0.15, 0.2) is 22.9 Å². The van der Waals surface area contributed by atoms with Crippen LogP contribution >= 0.6 is 15.9 Å². The molecule has 0 saturated carbocycles. The van der Waals surface area contributed by atoms with E-state index < -0.39 is 0 Å². The minimum atomic E-state index is 0.0972. The van der Waals surface area contributed by atoms with E-state index in [1.54, 1.807) is 6.20 Å². The maximum Gasteiger partial charge on any atom is 0.0410 e. The van der Waals surface area contributed by atoms with Crippen molar-refractivity contribution in [2.45, 2.75) is 32.7 Å². The van der Waals surface area contributed by atoms with Crippen LogP contribution in [-0.4, -0.2) is 4.98 Å². The second-order valence-electron chi connectivity index (χ2n) is 3.73. The number of halogens is 1. The summed E-state index contributed by atoms with van der Waals surface area (Å²) >= 11 is 3.40. The molecule has 0 saturated heterocycles. The van der Waals surface area contributed by atoms with Crippen molar-refractivity contribution in [1.82, 2.24) is 4.98 Å². The van der Waals surface area contributed by atoms with Crippen LogP contribution in [-0.2, 0) is 0 Å². The van der Waals surface area contributed by atoms with E-state index in [1.807, 2.05) is 12.3 Å². The van der Waals surface area contributed by atoms with E-state index in [9.17, 15) is 0 Å². The Balaban J connectivity index is 2.73. The molecule has 0 spiro atoms. The predicted octanol–water partition coefficient (Wildman–Crippen LogP) is 3.28. The van der Waals surface area contributed by atoms with Crippen LogP contribution in [0.1, 0.15) is 38.3 Å². The molecule has 0 radical (unpaired) electrons. The molecule has 0 aromatic carbocycles. The van der Waals surface area contributed by atoms with Gasteiger partial charge in [0.2, 0.25) is 0 Å². The molecule has 3 heteroatoms. The zero-order chi connectivity index (χ0) is 10.6. The Morgan fingerprint density at radius 1 is 1.50 bits per heavy atom. The van der Waals surface area contributed by atoms with Crippen molar-refractivity contribution >= 4 is 15.9 Å². The molecule has 0 aliphatic carbocycles. The van der Waals surface area contributed by atoms with E-state index in [4.69, 9.17) is 5.73 Å². The largest absolute Gasteiger partial charge is 0.324 e. The zero-order valence-corrected chi connectivity index (χ0v) is 10.3. The van der Waals surface area contributed by atoms with Gasteiger partial charge in [0.25, 0.3) is 0 Å². The molecule has 2 N–H and O–H groups in total. The van der Waals surface area contributed by atoms with Gasteiger partial charge in [0.05, 0.1) is 0 Å². The van der Waals surface area contributed by atoms with Crippen molar-refractivity contribution in [1.29, 1.82) is 0 Å². The molecule has 0 amide bonds. The van der Waals surface area contributed by atoms with Crippen LogP contribution in [0, 0.1) is 5.92 Å². The highest BCUT2D eigenvalue weighted by molar-refractivity contribution is 9.10. The number of nitrogens with zero attached hydrogens (tertiary/aromatic N) is 1. The summed E-state index contributed by atoms with van der Waals surface area (Å²) in [4.78, 5) is 4.12. The van der Waals surface area contributed by atoms with Gasteiger partial charge in [-0.05, 0) is 39.9 Å². The minimum Gasteiger partial charge on any atom is -0.324 e. The van der Waals surface area contributed by atoms with Gasteiger partial charge < -0.3 is 5.73 Å². The standard InChI is InChI=1S/C11H17BrN2/c1-3-4-8(2)11(13)9-5-10(12)7-14-6-9/h5-8,11H,3-4,13H2,1-2H3. The first-order valence-electron chi connectivity index (χ1n) is 5.01. The van der Waals surface area contributed by atoms with Crippen LogP contribution in [0.25, 0.3) is 0 Å². The number of hydrogen-bond acceptors (Lipinski definition) is 2. The molecular formula is C11H17BrN2. The van der Waals surface area contributed by atoms with Gasteiger partial charge in [0.15, 0.2) is 0 Å². The van der Waals surface area contributed by atoms with Crippen molar-refractivity contribution in [2.24, 2.45) is 11.7 Å². The highest BCUT2D eigenvalue weighted by Gasteiger charge is 2.14. The lowest BCUT2D eigenvalue weighted by Gasteiger charge is -2.19. The Labute approximate surface area is 94.0 Å². The second-order valence-corrected chi connectivity index (χ2v) is 4.64. The molecule has 2 unspecified atom stereocenters. The molecule has 0 aliphatic heterocycles. The topological polar surface area (TPSA) is 38.9 Å². The molecule has 2 nitrogen and oxygen atoms in total. The van der Waals surface area contributed by atoms with Crippen molar-refractivity contribution in [3.63, 3.8) is 0 Å². The molecule has 14 heavy (non-hydrogen) atoms. The Hall–Kier alpha value is -0.410. The predicted molar refractivity (Wildman–Crippen MR) is 62.9 cm³/mol. The summed E-state index contributed by atoms with van der Waals surface area (Å²) < 4.78 is 0.995. The highest BCUT2D eigenvalue weighted by Crippen LogP contribution is 2.24. The van der Waals surface area contributed by atoms with Gasteiger partial charge in [-0.1, -0.05) is 20.3 Å². The average Bonchev–Trinajstić information content (AvgIpc) is 2.17. The third-order valence-corrected chi connectivity index (χ3v) is 2.90. The normalized spacial score (nSPS) is 15.1. The summed E-state index contributed by atoms with van der Waals surface area (Å²) in [5.74, 6) is 0.510. The third kappa shape index (κ3) is 3.07. The van der Waals surface area contributed by atoms with Crippen molar-refractivity contribution in [3.8, 4) is 0 Å². The van der Waals surface area contributed by atoms with E-state index in [0.29, 0.717) is 5.92 Å². The van der Waals surface area contributed by atoms with Gasteiger partial charge in [-0.25, -0.2) is 0 Å². The number of nitrogens with two attached hydrogens (primary N) is 1. The number of pyridine rings is 1. The summed E-state index contributed by atoms with van der Waals surface area (Å²) in [6.45, 7) is 4.37. The molecular weight excluding hydrogens is 240 g/mol. The zero-order valence-electron chi connectivity index (χ0n) is 8.70. The third-order valence-electron chi connectivity index (χ3n) is 2.47. The lowest BCUT2D eigenvalue weighted by molar-refractivity contribution is 0.433. The van der Waals surface area contributed by atoms with Crippen molar-refractivity contribution in [2.75, 3.05) is 0 Å². The van der Waals surface area contributed by atoms with Crippen LogP contribution in [0.4, 0.5) is 0 Å². The fraction of sp³-hybridized carbons (Fsp3) is 0.545. The Morgan fingerprint density at radius 2 is 2.21 bits per heavy atom. The van der Waals surface area contributed by atoms with Crippen LogP contribution in [0.3, 0.4) is 0 Å². The van der Waals surface area contributed by atoms with Gasteiger partial charge in [-0.2, -0.15) is 0 Å². The maximum atomic E-state index is 6.13. The molecule has 78 valence electrons. The quantitative estimate of drug-likeness (QED) is 0.898. The first-order valence-corrected chi connectivity index (χ1v) is 5.80. The molecule has 0 aliphatic rings. The smallest absolute Gasteiger partial charge is 0.0410 e. The van der Waals surface area contributed by atoms with Crippen molar-refractivity contribution < 1.29 is 0 Å². The average molecular weight is 257 g/mol.